The van der Waals surface area contributed by atoms with Gasteiger partial charge in [0.25, 0.3) is 0 Å². The van der Waals surface area contributed by atoms with Crippen LogP contribution >= 0.6 is 0 Å². The van der Waals surface area contributed by atoms with Crippen molar-refractivity contribution in [1.82, 2.24) is 10.2 Å². The molecule has 1 saturated carbocycles. The number of furan rings is 1. The van der Waals surface area contributed by atoms with Crippen molar-refractivity contribution < 1.29 is 4.42 Å². The molecule has 102 valence electrons. The third kappa shape index (κ3) is 4.14. The summed E-state index contributed by atoms with van der Waals surface area (Å²) in [7, 11) is 2.17. The van der Waals surface area contributed by atoms with Crippen LogP contribution in [0.1, 0.15) is 38.9 Å². The second kappa shape index (κ2) is 5.89. The molecule has 1 N–H and O–H groups in total. The molecule has 1 aromatic rings. The fourth-order valence-corrected chi connectivity index (χ4v) is 2.35. The van der Waals surface area contributed by atoms with Crippen LogP contribution < -0.4 is 5.32 Å². The monoisotopic (exact) mass is 250 g/mol. The molecule has 1 aliphatic carbocycles. The van der Waals surface area contributed by atoms with E-state index in [0.717, 1.165) is 31.4 Å². The lowest BCUT2D eigenvalue weighted by Gasteiger charge is -2.33. The Hall–Kier alpha value is -0.800. The third-order valence-electron chi connectivity index (χ3n) is 3.91. The number of hydrogen-bond acceptors (Lipinski definition) is 3. The first kappa shape index (κ1) is 13.6. The predicted molar refractivity (Wildman–Crippen MR) is 74.5 cm³/mol. The fraction of sp³-hybridized carbons (Fsp3) is 0.733. The van der Waals surface area contributed by atoms with Gasteiger partial charge in [-0.25, -0.2) is 0 Å². The molecule has 1 fully saturated rings. The Morgan fingerprint density at radius 1 is 1.50 bits per heavy atom. The molecule has 0 bridgehead atoms. The number of nitrogens with one attached hydrogen (secondary N) is 1. The first-order valence-corrected chi connectivity index (χ1v) is 7.05. The lowest BCUT2D eigenvalue weighted by atomic mass is 9.86. The zero-order valence-corrected chi connectivity index (χ0v) is 11.9. The Balaban J connectivity index is 1.79. The van der Waals surface area contributed by atoms with Crippen molar-refractivity contribution >= 4 is 0 Å². The zero-order valence-electron chi connectivity index (χ0n) is 11.9. The van der Waals surface area contributed by atoms with Gasteiger partial charge < -0.3 is 9.73 Å². The van der Waals surface area contributed by atoms with Gasteiger partial charge in [-0.2, -0.15) is 0 Å². The third-order valence-corrected chi connectivity index (χ3v) is 3.91. The summed E-state index contributed by atoms with van der Waals surface area (Å²) in [4.78, 5) is 2.36. The van der Waals surface area contributed by atoms with Crippen LogP contribution in [-0.4, -0.2) is 31.1 Å². The van der Waals surface area contributed by atoms with Gasteiger partial charge >= 0.3 is 0 Å². The van der Waals surface area contributed by atoms with Crippen molar-refractivity contribution in [2.24, 2.45) is 5.41 Å². The quantitative estimate of drug-likeness (QED) is 0.769. The molecule has 1 aromatic heterocycles. The second-order valence-corrected chi connectivity index (χ2v) is 6.07. The molecule has 0 aromatic carbocycles. The van der Waals surface area contributed by atoms with E-state index in [4.69, 9.17) is 4.42 Å². The van der Waals surface area contributed by atoms with Crippen LogP contribution in [-0.2, 0) is 6.54 Å². The highest BCUT2D eigenvalue weighted by molar-refractivity contribution is 4.98. The van der Waals surface area contributed by atoms with Crippen LogP contribution in [0.25, 0.3) is 0 Å². The molecule has 2 rings (SSSR count). The van der Waals surface area contributed by atoms with Gasteiger partial charge in [-0.1, -0.05) is 13.8 Å². The molecule has 0 aliphatic heterocycles. The highest BCUT2D eigenvalue weighted by Crippen LogP contribution is 2.25. The van der Waals surface area contributed by atoms with Gasteiger partial charge in [-0.05, 0) is 43.9 Å². The molecule has 1 heterocycles. The molecular weight excluding hydrogens is 224 g/mol. The van der Waals surface area contributed by atoms with Gasteiger partial charge in [-0.15, -0.1) is 0 Å². The Morgan fingerprint density at radius 3 is 2.83 bits per heavy atom. The fourth-order valence-electron chi connectivity index (χ4n) is 2.35. The van der Waals surface area contributed by atoms with Crippen molar-refractivity contribution in [2.45, 2.75) is 45.7 Å². The maximum atomic E-state index is 5.40. The van der Waals surface area contributed by atoms with Gasteiger partial charge in [-0.3, -0.25) is 4.90 Å². The van der Waals surface area contributed by atoms with Crippen LogP contribution in [0.4, 0.5) is 0 Å². The van der Waals surface area contributed by atoms with Crippen LogP contribution in [0.3, 0.4) is 0 Å². The Morgan fingerprint density at radius 2 is 2.28 bits per heavy atom. The van der Waals surface area contributed by atoms with Crippen molar-refractivity contribution in [3.05, 3.63) is 24.2 Å². The zero-order chi connectivity index (χ0) is 13.0. The molecule has 1 aliphatic rings. The van der Waals surface area contributed by atoms with Crippen LogP contribution in [0.5, 0.6) is 0 Å². The minimum atomic E-state index is 0.351. The lowest BCUT2D eigenvalue weighted by Crippen LogP contribution is -2.41. The molecule has 0 amide bonds. The molecule has 0 saturated heterocycles. The molecule has 1 unspecified atom stereocenters. The molecule has 0 radical (unpaired) electrons. The molecule has 3 heteroatoms. The van der Waals surface area contributed by atoms with Crippen molar-refractivity contribution in [3.8, 4) is 0 Å². The Kier molecular flexibility index (Phi) is 4.46. The topological polar surface area (TPSA) is 28.4 Å². The minimum absolute atomic E-state index is 0.351. The van der Waals surface area contributed by atoms with E-state index in [0.29, 0.717) is 5.41 Å². The average molecular weight is 250 g/mol. The van der Waals surface area contributed by atoms with Crippen molar-refractivity contribution in [1.29, 1.82) is 0 Å². The number of hydrogen-bond donors (Lipinski definition) is 1. The summed E-state index contributed by atoms with van der Waals surface area (Å²) in [5.41, 5.74) is 0.351. The van der Waals surface area contributed by atoms with Gasteiger partial charge in [0.15, 0.2) is 0 Å². The van der Waals surface area contributed by atoms with E-state index >= 15 is 0 Å². The van der Waals surface area contributed by atoms with E-state index < -0.39 is 0 Å². The standard InChI is InChI=1S/C15H26N2O/c1-4-15(2,11-16-13-7-8-13)12-17(3)10-14-6-5-9-18-14/h5-6,9,13,16H,4,7-8,10-12H2,1-3H3. The summed E-state index contributed by atoms with van der Waals surface area (Å²) in [6, 6.07) is 4.80. The minimum Gasteiger partial charge on any atom is -0.468 e. The first-order chi connectivity index (χ1) is 8.61. The van der Waals surface area contributed by atoms with Gasteiger partial charge in [0.2, 0.25) is 0 Å². The van der Waals surface area contributed by atoms with Crippen LogP contribution in [0.2, 0.25) is 0 Å². The summed E-state index contributed by atoms with van der Waals surface area (Å²) in [5, 5.41) is 3.66. The van der Waals surface area contributed by atoms with Gasteiger partial charge in [0, 0.05) is 19.1 Å². The molecule has 1 atom stereocenters. The smallest absolute Gasteiger partial charge is 0.117 e. The van der Waals surface area contributed by atoms with E-state index in [-0.39, 0.29) is 0 Å². The lowest BCUT2D eigenvalue weighted by molar-refractivity contribution is 0.167. The van der Waals surface area contributed by atoms with Gasteiger partial charge in [0.05, 0.1) is 12.8 Å². The Labute approximate surface area is 111 Å². The van der Waals surface area contributed by atoms with Crippen molar-refractivity contribution in [2.75, 3.05) is 20.1 Å². The van der Waals surface area contributed by atoms with E-state index in [1.54, 1.807) is 6.26 Å². The second-order valence-electron chi connectivity index (χ2n) is 6.07. The largest absolute Gasteiger partial charge is 0.468 e. The van der Waals surface area contributed by atoms with Crippen LogP contribution in [0.15, 0.2) is 22.8 Å². The van der Waals surface area contributed by atoms with E-state index in [9.17, 15) is 0 Å². The first-order valence-electron chi connectivity index (χ1n) is 7.05. The predicted octanol–water partition coefficient (Wildman–Crippen LogP) is 2.88. The van der Waals surface area contributed by atoms with Crippen molar-refractivity contribution in [3.63, 3.8) is 0 Å². The highest BCUT2D eigenvalue weighted by atomic mass is 16.3. The normalized spacial score (nSPS) is 19.1. The van der Waals surface area contributed by atoms with E-state index in [2.05, 4.69) is 31.1 Å². The van der Waals surface area contributed by atoms with E-state index in [1.807, 2.05) is 12.1 Å². The number of rotatable bonds is 8. The highest BCUT2D eigenvalue weighted by Gasteiger charge is 2.28. The van der Waals surface area contributed by atoms with E-state index in [1.165, 1.54) is 19.3 Å². The summed E-state index contributed by atoms with van der Waals surface area (Å²) >= 11 is 0. The molecule has 0 spiro atoms. The number of nitrogens with zero attached hydrogens (tertiary/aromatic N) is 1. The molecule has 18 heavy (non-hydrogen) atoms. The molecular formula is C15H26N2O. The summed E-state index contributed by atoms with van der Waals surface area (Å²) < 4.78 is 5.40. The SMILES string of the molecule is CCC(C)(CNC1CC1)CN(C)Cc1ccco1. The maximum absolute atomic E-state index is 5.40. The maximum Gasteiger partial charge on any atom is 0.117 e. The van der Waals surface area contributed by atoms with Gasteiger partial charge in [0.1, 0.15) is 5.76 Å². The summed E-state index contributed by atoms with van der Waals surface area (Å²) in [6.07, 6.45) is 5.68. The average Bonchev–Trinajstić information content (AvgIpc) is 3.04. The molecule has 3 nitrogen and oxygen atoms in total. The summed E-state index contributed by atoms with van der Waals surface area (Å²) in [5.74, 6) is 1.05. The van der Waals surface area contributed by atoms with Crippen LogP contribution in [0, 0.1) is 5.41 Å². The summed E-state index contributed by atoms with van der Waals surface area (Å²) in [6.45, 7) is 7.78. The Bertz CT molecular complexity index is 345.